The van der Waals surface area contributed by atoms with E-state index in [0.29, 0.717) is 30.7 Å². The second-order valence-electron chi connectivity index (χ2n) is 7.63. The number of methoxy groups -OCH3 is 2. The van der Waals surface area contributed by atoms with Gasteiger partial charge in [-0.3, -0.25) is 4.79 Å². The molecule has 0 aromatic heterocycles. The van der Waals surface area contributed by atoms with Gasteiger partial charge in [0.2, 0.25) is 26.0 Å². The van der Waals surface area contributed by atoms with Crippen LogP contribution in [-0.2, 0) is 31.4 Å². The second kappa shape index (κ2) is 10.1. The van der Waals surface area contributed by atoms with Crippen LogP contribution in [-0.4, -0.2) is 54.4 Å². The van der Waals surface area contributed by atoms with Crippen molar-refractivity contribution in [2.45, 2.75) is 29.2 Å². The van der Waals surface area contributed by atoms with Crippen molar-refractivity contribution in [3.63, 3.8) is 0 Å². The molecular weight excluding hydrogens is 470 g/mol. The maximum Gasteiger partial charge on any atom is 0.246 e. The first-order valence-corrected chi connectivity index (χ1v) is 13.2. The van der Waals surface area contributed by atoms with Crippen LogP contribution in [0.5, 0.6) is 11.5 Å². The fraction of sp³-hybridized carbons (Fsp3) is 0.381. The van der Waals surface area contributed by atoms with E-state index in [1.165, 1.54) is 42.8 Å². The van der Waals surface area contributed by atoms with E-state index in [2.05, 4.69) is 5.32 Å². The normalized spacial score (nSPS) is 17.4. The number of benzene rings is 2. The lowest BCUT2D eigenvalue weighted by molar-refractivity contribution is -0.126. The van der Waals surface area contributed by atoms with Crippen molar-refractivity contribution in [1.29, 1.82) is 0 Å². The van der Waals surface area contributed by atoms with Gasteiger partial charge in [0.05, 0.1) is 25.0 Å². The molecule has 1 saturated heterocycles. The Balaban J connectivity index is 1.69. The summed E-state index contributed by atoms with van der Waals surface area (Å²) in [6.45, 7) is 0.511. The van der Waals surface area contributed by atoms with Crippen molar-refractivity contribution < 1.29 is 31.1 Å². The first-order valence-electron chi connectivity index (χ1n) is 10.2. The van der Waals surface area contributed by atoms with E-state index >= 15 is 0 Å². The minimum absolute atomic E-state index is 0.0136. The van der Waals surface area contributed by atoms with E-state index in [4.69, 9.17) is 14.6 Å². The summed E-state index contributed by atoms with van der Waals surface area (Å²) in [5.41, 5.74) is 0.692. The minimum atomic E-state index is -3.91. The number of ether oxygens (including phenoxy) is 2. The highest BCUT2D eigenvalue weighted by Crippen LogP contribution is 2.32. The number of nitrogens with two attached hydrogens (primary N) is 1. The molecule has 0 saturated carbocycles. The zero-order valence-corrected chi connectivity index (χ0v) is 20.0. The molecular formula is C21H27N3O7S2. The van der Waals surface area contributed by atoms with Gasteiger partial charge in [0.25, 0.3) is 0 Å². The standard InChI is InChI=1S/C21H27N3O7S2/c1-30-17-7-10-19(31-2)20(12-17)33(28,29)24-11-3-4-16(14-24)21(25)23-13-15-5-8-18(9-6-15)32(22,26)27/h5-10,12,16H,3-4,11,13-14H2,1-2H3,(H,23,25)(H2,22,26,27)/t16-/m0/s1. The Morgan fingerprint density at radius 3 is 2.39 bits per heavy atom. The maximum absolute atomic E-state index is 13.3. The van der Waals surface area contributed by atoms with Gasteiger partial charge in [0.15, 0.2) is 0 Å². The molecule has 1 aliphatic heterocycles. The van der Waals surface area contributed by atoms with Crippen LogP contribution in [0.2, 0.25) is 0 Å². The molecule has 12 heteroatoms. The number of nitrogens with one attached hydrogen (secondary N) is 1. The predicted octanol–water partition coefficient (Wildman–Crippen LogP) is 1.07. The van der Waals surface area contributed by atoms with E-state index in [-0.39, 0.29) is 34.5 Å². The van der Waals surface area contributed by atoms with Gasteiger partial charge < -0.3 is 14.8 Å². The molecule has 1 fully saturated rings. The fourth-order valence-corrected chi connectivity index (χ4v) is 5.84. The highest BCUT2D eigenvalue weighted by Gasteiger charge is 2.35. The van der Waals surface area contributed by atoms with Crippen LogP contribution in [0, 0.1) is 5.92 Å². The van der Waals surface area contributed by atoms with Gasteiger partial charge in [0, 0.05) is 25.7 Å². The number of nitrogens with zero attached hydrogens (tertiary/aromatic N) is 1. The third-order valence-corrected chi connectivity index (χ3v) is 8.28. The van der Waals surface area contributed by atoms with Crippen LogP contribution < -0.4 is 19.9 Å². The first kappa shape index (κ1) is 25.0. The Bertz CT molecular complexity index is 1210. The van der Waals surface area contributed by atoms with Gasteiger partial charge >= 0.3 is 0 Å². The highest BCUT2D eigenvalue weighted by molar-refractivity contribution is 7.89. The molecule has 0 bridgehead atoms. The number of amides is 1. The number of carbonyl (C=O) groups is 1. The first-order chi connectivity index (χ1) is 15.6. The summed E-state index contributed by atoms with van der Waals surface area (Å²) >= 11 is 0. The van der Waals surface area contributed by atoms with E-state index in [0.717, 1.165) is 0 Å². The summed E-state index contributed by atoms with van der Waals surface area (Å²) in [4.78, 5) is 12.7. The molecule has 0 aliphatic carbocycles. The van der Waals surface area contributed by atoms with Gasteiger partial charge in [-0.05, 0) is 42.7 Å². The van der Waals surface area contributed by atoms with Crippen LogP contribution in [0.4, 0.5) is 0 Å². The van der Waals surface area contributed by atoms with Gasteiger partial charge in [-0.15, -0.1) is 0 Å². The van der Waals surface area contributed by atoms with Crippen LogP contribution in [0.3, 0.4) is 0 Å². The lowest BCUT2D eigenvalue weighted by atomic mass is 9.99. The van der Waals surface area contributed by atoms with Gasteiger partial charge in [-0.1, -0.05) is 12.1 Å². The maximum atomic E-state index is 13.3. The van der Waals surface area contributed by atoms with Crippen LogP contribution in [0.25, 0.3) is 0 Å². The number of sulfonamides is 2. The molecule has 33 heavy (non-hydrogen) atoms. The van der Waals surface area contributed by atoms with Gasteiger partial charge in [-0.2, -0.15) is 4.31 Å². The Kier molecular flexibility index (Phi) is 7.62. The average molecular weight is 498 g/mol. The largest absolute Gasteiger partial charge is 0.497 e. The van der Waals surface area contributed by atoms with Crippen LogP contribution in [0.15, 0.2) is 52.3 Å². The lowest BCUT2D eigenvalue weighted by Crippen LogP contribution is -2.45. The third-order valence-electron chi connectivity index (χ3n) is 5.46. The molecule has 0 unspecified atom stereocenters. The Morgan fingerprint density at radius 2 is 1.79 bits per heavy atom. The topological polar surface area (TPSA) is 145 Å². The highest BCUT2D eigenvalue weighted by atomic mass is 32.2. The molecule has 1 heterocycles. The second-order valence-corrected chi connectivity index (χ2v) is 11.1. The molecule has 1 amide bonds. The number of hydrogen-bond acceptors (Lipinski definition) is 7. The smallest absolute Gasteiger partial charge is 0.246 e. The van der Waals surface area contributed by atoms with E-state index < -0.39 is 26.0 Å². The molecule has 1 aliphatic rings. The zero-order valence-electron chi connectivity index (χ0n) is 18.4. The van der Waals surface area contributed by atoms with Crippen molar-refractivity contribution in [3.8, 4) is 11.5 Å². The van der Waals surface area contributed by atoms with Gasteiger partial charge in [-0.25, -0.2) is 22.0 Å². The molecule has 180 valence electrons. The van der Waals surface area contributed by atoms with Crippen molar-refractivity contribution >= 4 is 26.0 Å². The van der Waals surface area contributed by atoms with Gasteiger partial charge in [0.1, 0.15) is 16.4 Å². The number of carbonyl (C=O) groups excluding carboxylic acids is 1. The Labute approximate surface area is 193 Å². The monoisotopic (exact) mass is 497 g/mol. The van der Waals surface area contributed by atoms with E-state index in [9.17, 15) is 21.6 Å². The number of primary sulfonamides is 1. The molecule has 0 spiro atoms. The summed E-state index contributed by atoms with van der Waals surface area (Å²) in [6.07, 6.45) is 1.09. The Hall–Kier alpha value is -2.67. The molecule has 1 atom stereocenters. The summed E-state index contributed by atoms with van der Waals surface area (Å²) in [7, 11) is -4.86. The Morgan fingerprint density at radius 1 is 1.09 bits per heavy atom. The average Bonchev–Trinajstić information content (AvgIpc) is 2.81. The van der Waals surface area contributed by atoms with Crippen molar-refractivity contribution in [3.05, 3.63) is 48.0 Å². The molecule has 2 aromatic rings. The summed E-state index contributed by atoms with van der Waals surface area (Å²) in [6, 6.07) is 10.4. The summed E-state index contributed by atoms with van der Waals surface area (Å²) in [5.74, 6) is -0.212. The minimum Gasteiger partial charge on any atom is -0.497 e. The van der Waals surface area contributed by atoms with E-state index in [1.54, 1.807) is 18.2 Å². The number of piperidine rings is 1. The predicted molar refractivity (Wildman–Crippen MR) is 121 cm³/mol. The van der Waals surface area contributed by atoms with Crippen molar-refractivity contribution in [1.82, 2.24) is 9.62 Å². The molecule has 0 radical (unpaired) electrons. The molecule has 2 aromatic carbocycles. The SMILES string of the molecule is COc1ccc(OC)c(S(=O)(=O)N2CCC[C@H](C(=O)NCc3ccc(S(N)(=O)=O)cc3)C2)c1. The van der Waals surface area contributed by atoms with Crippen molar-refractivity contribution in [2.75, 3.05) is 27.3 Å². The number of rotatable bonds is 8. The van der Waals surface area contributed by atoms with Crippen LogP contribution in [0.1, 0.15) is 18.4 Å². The molecule has 10 nitrogen and oxygen atoms in total. The fourth-order valence-electron chi connectivity index (χ4n) is 3.63. The summed E-state index contributed by atoms with van der Waals surface area (Å²) < 4.78 is 61.0. The van der Waals surface area contributed by atoms with Crippen LogP contribution >= 0.6 is 0 Å². The molecule has 3 rings (SSSR count). The zero-order chi connectivity index (χ0) is 24.2. The van der Waals surface area contributed by atoms with E-state index in [1.807, 2.05) is 0 Å². The summed E-state index contributed by atoms with van der Waals surface area (Å²) in [5, 5.41) is 7.88. The van der Waals surface area contributed by atoms with Crippen molar-refractivity contribution in [2.24, 2.45) is 11.1 Å². The quantitative estimate of drug-likeness (QED) is 0.555. The third kappa shape index (κ3) is 5.82. The lowest BCUT2D eigenvalue weighted by Gasteiger charge is -2.31. The molecule has 3 N–H and O–H groups in total. The number of hydrogen-bond donors (Lipinski definition) is 2.